The van der Waals surface area contributed by atoms with Crippen molar-refractivity contribution >= 4 is 11.6 Å². The highest BCUT2D eigenvalue weighted by Gasteiger charge is 2.32. The van der Waals surface area contributed by atoms with E-state index >= 15 is 0 Å². The van der Waals surface area contributed by atoms with Gasteiger partial charge in [0.15, 0.2) is 0 Å². The molecule has 98 valence electrons. The molecule has 1 aromatic carbocycles. The molecule has 2 heteroatoms. The van der Waals surface area contributed by atoms with E-state index in [1.165, 1.54) is 11.1 Å². The molecule has 1 unspecified atom stereocenters. The first-order valence-corrected chi connectivity index (χ1v) is 6.85. The molecule has 0 aromatic heterocycles. The first kappa shape index (κ1) is 13.1. The lowest BCUT2D eigenvalue weighted by molar-refractivity contribution is -0.117. The van der Waals surface area contributed by atoms with E-state index in [1.54, 1.807) is 0 Å². The number of carbonyl (C=O) groups excluding carboxylic acids is 1. The number of para-hydroxylation sites is 1. The number of amides is 1. The standard InChI is InChI=1S/C16H23NO/c1-11(2)8-14-9-15(18)17(10-14)16-12(3)6-5-7-13(16)4/h5-7,11,14H,8-10H2,1-4H3. The molecule has 0 spiro atoms. The molecule has 1 amide bonds. The molecule has 1 aliphatic rings. The number of hydrogen-bond donors (Lipinski definition) is 0. The van der Waals surface area contributed by atoms with Crippen LogP contribution in [0.3, 0.4) is 0 Å². The van der Waals surface area contributed by atoms with Crippen molar-refractivity contribution in [3.63, 3.8) is 0 Å². The summed E-state index contributed by atoms with van der Waals surface area (Å²) in [4.78, 5) is 14.2. The van der Waals surface area contributed by atoms with Gasteiger partial charge in [-0.25, -0.2) is 0 Å². The zero-order valence-electron chi connectivity index (χ0n) is 11.9. The Kier molecular flexibility index (Phi) is 3.74. The van der Waals surface area contributed by atoms with Crippen LogP contribution < -0.4 is 4.90 Å². The van der Waals surface area contributed by atoms with Crippen LogP contribution in [-0.4, -0.2) is 12.5 Å². The maximum atomic E-state index is 12.2. The Morgan fingerprint density at radius 1 is 1.28 bits per heavy atom. The minimum absolute atomic E-state index is 0.290. The minimum atomic E-state index is 0.290. The monoisotopic (exact) mass is 245 g/mol. The molecular formula is C16H23NO. The molecule has 0 saturated carbocycles. The second-order valence-corrected chi connectivity index (χ2v) is 5.94. The van der Waals surface area contributed by atoms with Gasteiger partial charge in [0.25, 0.3) is 0 Å². The van der Waals surface area contributed by atoms with E-state index in [9.17, 15) is 4.79 Å². The molecule has 1 atom stereocenters. The molecule has 0 bridgehead atoms. The van der Waals surface area contributed by atoms with Crippen LogP contribution in [0.25, 0.3) is 0 Å². The van der Waals surface area contributed by atoms with Crippen LogP contribution in [0, 0.1) is 25.7 Å². The van der Waals surface area contributed by atoms with Crippen molar-refractivity contribution in [2.45, 2.75) is 40.5 Å². The molecule has 2 rings (SSSR count). The molecule has 2 nitrogen and oxygen atoms in total. The number of nitrogens with zero attached hydrogens (tertiary/aromatic N) is 1. The van der Waals surface area contributed by atoms with E-state index in [4.69, 9.17) is 0 Å². The van der Waals surface area contributed by atoms with Crippen LogP contribution in [0.1, 0.15) is 37.8 Å². The average Bonchev–Trinajstić information content (AvgIpc) is 2.58. The lowest BCUT2D eigenvalue weighted by Crippen LogP contribution is -2.26. The van der Waals surface area contributed by atoms with Crippen molar-refractivity contribution in [1.82, 2.24) is 0 Å². The third kappa shape index (κ3) is 2.58. The minimum Gasteiger partial charge on any atom is -0.312 e. The lowest BCUT2D eigenvalue weighted by atomic mass is 9.96. The van der Waals surface area contributed by atoms with Gasteiger partial charge in [-0.3, -0.25) is 4.79 Å². The van der Waals surface area contributed by atoms with Gasteiger partial charge in [0.2, 0.25) is 5.91 Å². The Morgan fingerprint density at radius 2 is 1.89 bits per heavy atom. The fourth-order valence-corrected chi connectivity index (χ4v) is 3.05. The smallest absolute Gasteiger partial charge is 0.227 e. The molecule has 1 aliphatic heterocycles. The van der Waals surface area contributed by atoms with Gasteiger partial charge in [0.1, 0.15) is 0 Å². The highest BCUT2D eigenvalue weighted by Crippen LogP contribution is 2.32. The topological polar surface area (TPSA) is 20.3 Å². The van der Waals surface area contributed by atoms with Crippen LogP contribution in [0.4, 0.5) is 5.69 Å². The van der Waals surface area contributed by atoms with Crippen LogP contribution in [-0.2, 0) is 4.79 Å². The molecule has 18 heavy (non-hydrogen) atoms. The van der Waals surface area contributed by atoms with E-state index in [2.05, 4.69) is 45.9 Å². The van der Waals surface area contributed by atoms with E-state index in [1.807, 2.05) is 4.90 Å². The third-order valence-electron chi connectivity index (χ3n) is 3.72. The maximum Gasteiger partial charge on any atom is 0.227 e. The summed E-state index contributed by atoms with van der Waals surface area (Å²) >= 11 is 0. The van der Waals surface area contributed by atoms with Crippen molar-refractivity contribution in [3.8, 4) is 0 Å². The normalized spacial score (nSPS) is 19.9. The summed E-state index contributed by atoms with van der Waals surface area (Å²) < 4.78 is 0. The summed E-state index contributed by atoms with van der Waals surface area (Å²) in [6, 6.07) is 6.23. The number of anilines is 1. The zero-order valence-corrected chi connectivity index (χ0v) is 11.9. The summed E-state index contributed by atoms with van der Waals surface area (Å²) in [5, 5.41) is 0. The fraction of sp³-hybridized carbons (Fsp3) is 0.562. The van der Waals surface area contributed by atoms with E-state index < -0.39 is 0 Å². The van der Waals surface area contributed by atoms with Gasteiger partial charge in [-0.05, 0) is 43.2 Å². The van der Waals surface area contributed by atoms with Crippen LogP contribution in [0.5, 0.6) is 0 Å². The van der Waals surface area contributed by atoms with Crippen LogP contribution >= 0.6 is 0 Å². The largest absolute Gasteiger partial charge is 0.312 e. The summed E-state index contributed by atoms with van der Waals surface area (Å²) in [5.41, 5.74) is 3.54. The third-order valence-corrected chi connectivity index (χ3v) is 3.72. The van der Waals surface area contributed by atoms with E-state index in [0.717, 1.165) is 18.7 Å². The SMILES string of the molecule is Cc1cccc(C)c1N1CC(CC(C)C)CC1=O. The molecule has 0 radical (unpaired) electrons. The fourth-order valence-electron chi connectivity index (χ4n) is 3.05. The number of benzene rings is 1. The Balaban J connectivity index is 2.22. The Bertz CT molecular complexity index is 430. The molecule has 1 aromatic rings. The van der Waals surface area contributed by atoms with E-state index in [-0.39, 0.29) is 5.91 Å². The lowest BCUT2D eigenvalue weighted by Gasteiger charge is -2.22. The molecule has 0 N–H and O–H groups in total. The first-order valence-electron chi connectivity index (χ1n) is 6.85. The van der Waals surface area contributed by atoms with Gasteiger partial charge in [-0.1, -0.05) is 32.0 Å². The molecule has 0 aliphatic carbocycles. The van der Waals surface area contributed by atoms with Gasteiger partial charge >= 0.3 is 0 Å². The number of carbonyl (C=O) groups is 1. The summed E-state index contributed by atoms with van der Waals surface area (Å²) in [6.45, 7) is 9.53. The first-order chi connectivity index (χ1) is 8.49. The Morgan fingerprint density at radius 3 is 2.44 bits per heavy atom. The Hall–Kier alpha value is -1.31. The maximum absolute atomic E-state index is 12.2. The predicted molar refractivity (Wildman–Crippen MR) is 75.8 cm³/mol. The summed E-state index contributed by atoms with van der Waals surface area (Å²) in [7, 11) is 0. The highest BCUT2D eigenvalue weighted by atomic mass is 16.2. The van der Waals surface area contributed by atoms with Gasteiger partial charge < -0.3 is 4.90 Å². The second kappa shape index (κ2) is 5.13. The summed E-state index contributed by atoms with van der Waals surface area (Å²) in [5.74, 6) is 1.48. The quantitative estimate of drug-likeness (QED) is 0.795. The van der Waals surface area contributed by atoms with Crippen molar-refractivity contribution in [2.24, 2.45) is 11.8 Å². The number of rotatable bonds is 3. The molecular weight excluding hydrogens is 222 g/mol. The second-order valence-electron chi connectivity index (χ2n) is 5.94. The van der Waals surface area contributed by atoms with Gasteiger partial charge in [-0.2, -0.15) is 0 Å². The highest BCUT2D eigenvalue weighted by molar-refractivity contribution is 5.97. The van der Waals surface area contributed by atoms with Crippen LogP contribution in [0.15, 0.2) is 18.2 Å². The summed E-state index contributed by atoms with van der Waals surface area (Å²) in [6.07, 6.45) is 1.86. The van der Waals surface area contributed by atoms with Gasteiger partial charge in [0.05, 0.1) is 0 Å². The molecule has 1 fully saturated rings. The predicted octanol–water partition coefficient (Wildman–Crippen LogP) is 3.70. The van der Waals surface area contributed by atoms with Crippen molar-refractivity contribution in [3.05, 3.63) is 29.3 Å². The van der Waals surface area contributed by atoms with Crippen molar-refractivity contribution in [2.75, 3.05) is 11.4 Å². The zero-order chi connectivity index (χ0) is 13.3. The number of aryl methyl sites for hydroxylation is 2. The molecule has 1 saturated heterocycles. The van der Waals surface area contributed by atoms with E-state index in [0.29, 0.717) is 18.3 Å². The van der Waals surface area contributed by atoms with Crippen molar-refractivity contribution < 1.29 is 4.79 Å². The van der Waals surface area contributed by atoms with Crippen molar-refractivity contribution in [1.29, 1.82) is 0 Å². The Labute approximate surface area is 110 Å². The average molecular weight is 245 g/mol. The molecule has 1 heterocycles. The number of hydrogen-bond acceptors (Lipinski definition) is 1. The van der Waals surface area contributed by atoms with Crippen LogP contribution in [0.2, 0.25) is 0 Å². The van der Waals surface area contributed by atoms with Gasteiger partial charge in [-0.15, -0.1) is 0 Å². The van der Waals surface area contributed by atoms with Gasteiger partial charge in [0, 0.05) is 18.7 Å².